The first-order chi connectivity index (χ1) is 12.3. The molecule has 0 radical (unpaired) electrons. The molecule has 6 nitrogen and oxygen atoms in total. The van der Waals surface area contributed by atoms with Crippen molar-refractivity contribution in [2.24, 2.45) is 0 Å². The summed E-state index contributed by atoms with van der Waals surface area (Å²) in [6.45, 7) is 1.31. The summed E-state index contributed by atoms with van der Waals surface area (Å²) in [7, 11) is 0. The lowest BCUT2D eigenvalue weighted by atomic mass is 10.3. The van der Waals surface area contributed by atoms with Crippen molar-refractivity contribution in [3.63, 3.8) is 0 Å². The number of benzene rings is 1. The minimum atomic E-state index is -0.0203. The molecule has 0 aliphatic carbocycles. The first-order valence-electron chi connectivity index (χ1n) is 7.97. The monoisotopic (exact) mass is 372 g/mol. The summed E-state index contributed by atoms with van der Waals surface area (Å²) in [4.78, 5) is 26.9. The number of carbonyl (C=O) groups excluding carboxylic acids is 1. The van der Waals surface area contributed by atoms with Crippen molar-refractivity contribution in [2.75, 3.05) is 18.8 Å². The predicted molar refractivity (Wildman–Crippen MR) is 98.0 cm³/mol. The van der Waals surface area contributed by atoms with Gasteiger partial charge in [-0.1, -0.05) is 23.9 Å². The Labute approximate surface area is 153 Å². The molecule has 1 aromatic carbocycles. The number of amides is 1. The van der Waals surface area contributed by atoms with E-state index in [1.165, 1.54) is 11.8 Å². The van der Waals surface area contributed by atoms with E-state index in [0.29, 0.717) is 24.7 Å². The molecule has 1 aliphatic heterocycles. The Kier molecular flexibility index (Phi) is 4.80. The number of rotatable bonds is 5. The van der Waals surface area contributed by atoms with Crippen molar-refractivity contribution < 1.29 is 9.53 Å². The zero-order valence-electron chi connectivity index (χ0n) is 13.4. The van der Waals surface area contributed by atoms with E-state index in [9.17, 15) is 4.79 Å². The Morgan fingerprint density at radius 2 is 2.28 bits per heavy atom. The van der Waals surface area contributed by atoms with Crippen LogP contribution in [0.5, 0.6) is 5.88 Å². The Balaban J connectivity index is 1.30. The summed E-state index contributed by atoms with van der Waals surface area (Å²) >= 11 is 3.12. The average molecular weight is 372 g/mol. The van der Waals surface area contributed by atoms with Crippen LogP contribution in [0.3, 0.4) is 0 Å². The minimum absolute atomic E-state index is 0.0203. The molecule has 0 bridgehead atoms. The second-order valence-electron chi connectivity index (χ2n) is 5.65. The van der Waals surface area contributed by atoms with Crippen LogP contribution in [-0.4, -0.2) is 50.7 Å². The van der Waals surface area contributed by atoms with Gasteiger partial charge in [0, 0.05) is 25.4 Å². The van der Waals surface area contributed by atoms with Gasteiger partial charge in [-0.3, -0.25) is 9.78 Å². The third-order valence-corrected chi connectivity index (χ3v) is 6.08. The van der Waals surface area contributed by atoms with Crippen LogP contribution in [-0.2, 0) is 4.79 Å². The predicted octanol–water partition coefficient (Wildman–Crippen LogP) is 2.86. The number of aromatic nitrogens is 3. The first kappa shape index (κ1) is 16.3. The van der Waals surface area contributed by atoms with Crippen LogP contribution in [0.25, 0.3) is 10.2 Å². The fourth-order valence-corrected chi connectivity index (χ4v) is 4.67. The number of likely N-dealkylation sites (tertiary alicyclic amines) is 1. The van der Waals surface area contributed by atoms with Crippen molar-refractivity contribution in [3.05, 3.63) is 42.9 Å². The third kappa shape index (κ3) is 3.91. The second-order valence-corrected chi connectivity index (χ2v) is 7.90. The molecular formula is C17H16N4O2S2. The average Bonchev–Trinajstić information content (AvgIpc) is 3.27. The number of thioether (sulfide) groups is 1. The van der Waals surface area contributed by atoms with E-state index in [4.69, 9.17) is 4.74 Å². The fourth-order valence-electron chi connectivity index (χ4n) is 2.70. The SMILES string of the molecule is O=C(CSc1nc2ccccc2s1)N1CCC(Oc2cnccn2)C1. The van der Waals surface area contributed by atoms with Crippen LogP contribution >= 0.6 is 23.1 Å². The Hall–Kier alpha value is -2.19. The molecule has 1 amide bonds. The van der Waals surface area contributed by atoms with Gasteiger partial charge in [0.15, 0.2) is 4.34 Å². The molecule has 128 valence electrons. The number of hydrogen-bond donors (Lipinski definition) is 0. The number of carbonyl (C=O) groups is 1. The van der Waals surface area contributed by atoms with Crippen LogP contribution in [0.2, 0.25) is 0 Å². The number of hydrogen-bond acceptors (Lipinski definition) is 7. The van der Waals surface area contributed by atoms with E-state index in [1.807, 2.05) is 29.2 Å². The molecule has 0 saturated carbocycles. The Morgan fingerprint density at radius 1 is 1.36 bits per heavy atom. The molecule has 1 fully saturated rings. The van der Waals surface area contributed by atoms with Gasteiger partial charge in [-0.05, 0) is 12.1 Å². The van der Waals surface area contributed by atoms with Gasteiger partial charge in [0.1, 0.15) is 6.10 Å². The fraction of sp³-hybridized carbons (Fsp3) is 0.294. The molecule has 1 atom stereocenters. The van der Waals surface area contributed by atoms with Gasteiger partial charge in [-0.2, -0.15) is 0 Å². The molecule has 1 saturated heterocycles. The van der Waals surface area contributed by atoms with Crippen molar-refractivity contribution in [1.82, 2.24) is 19.9 Å². The highest BCUT2D eigenvalue weighted by molar-refractivity contribution is 8.01. The van der Waals surface area contributed by atoms with E-state index in [2.05, 4.69) is 15.0 Å². The van der Waals surface area contributed by atoms with Gasteiger partial charge >= 0.3 is 0 Å². The molecule has 1 unspecified atom stereocenters. The minimum Gasteiger partial charge on any atom is -0.471 e. The number of para-hydroxylation sites is 1. The number of nitrogens with zero attached hydrogens (tertiary/aromatic N) is 4. The van der Waals surface area contributed by atoms with Gasteiger partial charge in [0.05, 0.1) is 28.7 Å². The molecule has 0 N–H and O–H groups in total. The van der Waals surface area contributed by atoms with Crippen molar-refractivity contribution in [3.8, 4) is 5.88 Å². The van der Waals surface area contributed by atoms with Crippen molar-refractivity contribution in [2.45, 2.75) is 16.9 Å². The molecule has 25 heavy (non-hydrogen) atoms. The Morgan fingerprint density at radius 3 is 3.12 bits per heavy atom. The lowest BCUT2D eigenvalue weighted by Crippen LogP contribution is -2.32. The normalized spacial score (nSPS) is 17.1. The maximum absolute atomic E-state index is 12.4. The molecule has 0 spiro atoms. The van der Waals surface area contributed by atoms with Gasteiger partial charge in [0.2, 0.25) is 11.8 Å². The van der Waals surface area contributed by atoms with Gasteiger partial charge in [-0.25, -0.2) is 9.97 Å². The highest BCUT2D eigenvalue weighted by Crippen LogP contribution is 2.29. The van der Waals surface area contributed by atoms with Crippen molar-refractivity contribution >= 4 is 39.2 Å². The summed E-state index contributed by atoms with van der Waals surface area (Å²) in [6.07, 6.45) is 5.59. The molecular weight excluding hydrogens is 356 g/mol. The van der Waals surface area contributed by atoms with Gasteiger partial charge in [0.25, 0.3) is 0 Å². The smallest absolute Gasteiger partial charge is 0.233 e. The largest absolute Gasteiger partial charge is 0.471 e. The topological polar surface area (TPSA) is 68.2 Å². The summed E-state index contributed by atoms with van der Waals surface area (Å²) in [5.41, 5.74) is 0.987. The lowest BCUT2D eigenvalue weighted by Gasteiger charge is -2.16. The van der Waals surface area contributed by atoms with Gasteiger partial charge < -0.3 is 9.64 Å². The summed E-state index contributed by atoms with van der Waals surface area (Å²) in [5.74, 6) is 1.03. The quantitative estimate of drug-likeness (QED) is 0.642. The van der Waals surface area contributed by atoms with Crippen LogP contribution in [0.1, 0.15) is 6.42 Å². The number of ether oxygens (including phenoxy) is 1. The standard InChI is InChI=1S/C17H16N4O2S2/c22-16(11-24-17-20-13-3-1-2-4-14(13)25-17)21-8-5-12(10-21)23-15-9-18-6-7-19-15/h1-4,6-7,9,12H,5,8,10-11H2. The number of fused-ring (bicyclic) bond motifs is 1. The van der Waals surface area contributed by atoms with E-state index in [1.54, 1.807) is 29.9 Å². The van der Waals surface area contributed by atoms with E-state index >= 15 is 0 Å². The molecule has 3 aromatic rings. The van der Waals surface area contributed by atoms with Crippen LogP contribution in [0.4, 0.5) is 0 Å². The molecule has 3 heterocycles. The third-order valence-electron chi connectivity index (χ3n) is 3.92. The summed E-state index contributed by atoms with van der Waals surface area (Å²) in [5, 5.41) is 0. The van der Waals surface area contributed by atoms with Crippen molar-refractivity contribution in [1.29, 1.82) is 0 Å². The van der Waals surface area contributed by atoms with Gasteiger partial charge in [-0.15, -0.1) is 11.3 Å². The van der Waals surface area contributed by atoms with E-state index in [-0.39, 0.29) is 12.0 Å². The maximum Gasteiger partial charge on any atom is 0.233 e. The highest BCUT2D eigenvalue weighted by atomic mass is 32.2. The summed E-state index contributed by atoms with van der Waals surface area (Å²) in [6, 6.07) is 8.02. The molecule has 2 aromatic heterocycles. The molecule has 4 rings (SSSR count). The van der Waals surface area contributed by atoms with E-state index < -0.39 is 0 Å². The molecule has 8 heteroatoms. The second kappa shape index (κ2) is 7.37. The van der Waals surface area contributed by atoms with Crippen LogP contribution in [0.15, 0.2) is 47.2 Å². The first-order valence-corrected chi connectivity index (χ1v) is 9.77. The lowest BCUT2D eigenvalue weighted by molar-refractivity contribution is -0.127. The van der Waals surface area contributed by atoms with Crippen LogP contribution < -0.4 is 4.74 Å². The maximum atomic E-state index is 12.4. The van der Waals surface area contributed by atoms with Crippen LogP contribution in [0, 0.1) is 0 Å². The van der Waals surface area contributed by atoms with E-state index in [0.717, 1.165) is 21.0 Å². The number of thiazole rings is 1. The highest BCUT2D eigenvalue weighted by Gasteiger charge is 2.28. The zero-order valence-corrected chi connectivity index (χ0v) is 15.0. The summed E-state index contributed by atoms with van der Waals surface area (Å²) < 4.78 is 7.85. The molecule has 1 aliphatic rings. The Bertz CT molecular complexity index is 838. The zero-order chi connectivity index (χ0) is 17.1.